The number of pyridine rings is 1. The highest BCUT2D eigenvalue weighted by Crippen LogP contribution is 2.29. The topological polar surface area (TPSA) is 42.2 Å². The minimum atomic E-state index is -0.299. The van der Waals surface area contributed by atoms with Gasteiger partial charge in [-0.2, -0.15) is 0 Å². The summed E-state index contributed by atoms with van der Waals surface area (Å²) in [4.78, 5) is 6.00. The van der Waals surface area contributed by atoms with E-state index in [1.807, 2.05) is 11.8 Å². The van der Waals surface area contributed by atoms with Crippen LogP contribution < -0.4 is 10.6 Å². The molecular weight excluding hydrogens is 253 g/mol. The third-order valence-electron chi connectivity index (χ3n) is 2.56. The van der Waals surface area contributed by atoms with E-state index in [2.05, 4.69) is 4.98 Å². The number of benzene rings is 1. The van der Waals surface area contributed by atoms with Crippen molar-refractivity contribution in [2.45, 2.75) is 6.92 Å². The molecule has 0 amide bonds. The summed E-state index contributed by atoms with van der Waals surface area (Å²) in [5.41, 5.74) is 7.08. The second-order valence-corrected chi connectivity index (χ2v) is 4.16. The lowest BCUT2D eigenvalue weighted by Crippen LogP contribution is -2.19. The van der Waals surface area contributed by atoms with Gasteiger partial charge in [0, 0.05) is 12.2 Å². The Hall–Kier alpha value is -1.81. The average Bonchev–Trinajstić information content (AvgIpc) is 2.35. The molecule has 0 aliphatic rings. The summed E-state index contributed by atoms with van der Waals surface area (Å²) in [6, 6.07) is 9.59. The first-order chi connectivity index (χ1) is 8.61. The highest BCUT2D eigenvalue weighted by atomic mass is 35.5. The van der Waals surface area contributed by atoms with E-state index in [-0.39, 0.29) is 5.82 Å². The Balaban J connectivity index is 2.48. The van der Waals surface area contributed by atoms with Gasteiger partial charge in [0.15, 0.2) is 5.82 Å². The molecule has 0 saturated heterocycles. The normalized spacial score (nSPS) is 10.4. The zero-order chi connectivity index (χ0) is 13.1. The Morgan fingerprint density at radius 3 is 2.78 bits per heavy atom. The standard InChI is InChI=1S/C13H13ClFN3/c1-2-18(10-5-3-4-9(15)8-10)13-11(16)6-7-12(14)17-13/h3-8H,2,16H2,1H3. The van der Waals surface area contributed by atoms with Crippen molar-refractivity contribution in [2.75, 3.05) is 17.2 Å². The molecular formula is C13H13ClFN3. The van der Waals surface area contributed by atoms with Crippen molar-refractivity contribution >= 4 is 28.8 Å². The number of nitrogens with zero attached hydrogens (tertiary/aromatic N) is 2. The van der Waals surface area contributed by atoms with Crippen LogP contribution in [0.15, 0.2) is 36.4 Å². The molecule has 0 fully saturated rings. The van der Waals surface area contributed by atoms with Gasteiger partial charge in [-0.1, -0.05) is 17.7 Å². The number of rotatable bonds is 3. The number of nitrogens with two attached hydrogens (primary N) is 1. The molecule has 0 unspecified atom stereocenters. The van der Waals surface area contributed by atoms with Crippen molar-refractivity contribution in [1.29, 1.82) is 0 Å². The summed E-state index contributed by atoms with van der Waals surface area (Å²) in [7, 11) is 0. The van der Waals surface area contributed by atoms with Crippen molar-refractivity contribution in [3.8, 4) is 0 Å². The summed E-state index contributed by atoms with van der Waals surface area (Å²) in [6.45, 7) is 2.55. The van der Waals surface area contributed by atoms with Gasteiger partial charge in [0.2, 0.25) is 0 Å². The fourth-order valence-corrected chi connectivity index (χ4v) is 1.89. The quantitative estimate of drug-likeness (QED) is 0.862. The van der Waals surface area contributed by atoms with E-state index in [9.17, 15) is 4.39 Å². The summed E-state index contributed by atoms with van der Waals surface area (Å²) >= 11 is 5.87. The third kappa shape index (κ3) is 2.54. The van der Waals surface area contributed by atoms with Gasteiger partial charge in [-0.05, 0) is 37.3 Å². The molecule has 0 saturated carbocycles. The third-order valence-corrected chi connectivity index (χ3v) is 2.77. The predicted molar refractivity (Wildman–Crippen MR) is 72.7 cm³/mol. The first-order valence-electron chi connectivity index (χ1n) is 5.57. The zero-order valence-electron chi connectivity index (χ0n) is 9.90. The molecule has 0 bridgehead atoms. The maximum Gasteiger partial charge on any atom is 0.157 e. The van der Waals surface area contributed by atoms with Crippen molar-refractivity contribution in [2.24, 2.45) is 0 Å². The van der Waals surface area contributed by atoms with E-state index in [0.29, 0.717) is 28.9 Å². The molecule has 1 aromatic heterocycles. The second-order valence-electron chi connectivity index (χ2n) is 3.77. The van der Waals surface area contributed by atoms with E-state index < -0.39 is 0 Å². The Bertz CT molecular complexity index is 560. The molecule has 2 N–H and O–H groups in total. The molecule has 94 valence electrons. The minimum absolute atomic E-state index is 0.299. The Morgan fingerprint density at radius 2 is 2.11 bits per heavy atom. The van der Waals surface area contributed by atoms with E-state index in [4.69, 9.17) is 17.3 Å². The molecule has 1 aromatic carbocycles. The summed E-state index contributed by atoms with van der Waals surface area (Å²) in [5, 5.41) is 0.356. The zero-order valence-corrected chi connectivity index (χ0v) is 10.7. The van der Waals surface area contributed by atoms with Crippen LogP contribution in [0.2, 0.25) is 5.15 Å². The van der Waals surface area contributed by atoms with Crippen LogP contribution in [0.1, 0.15) is 6.92 Å². The van der Waals surface area contributed by atoms with E-state index in [0.717, 1.165) is 0 Å². The van der Waals surface area contributed by atoms with Crippen LogP contribution in [0.5, 0.6) is 0 Å². The first-order valence-corrected chi connectivity index (χ1v) is 5.94. The smallest absolute Gasteiger partial charge is 0.157 e. The molecule has 2 rings (SSSR count). The number of anilines is 3. The molecule has 0 spiro atoms. The molecule has 0 aliphatic carbocycles. The highest BCUT2D eigenvalue weighted by molar-refractivity contribution is 6.29. The number of hydrogen-bond acceptors (Lipinski definition) is 3. The van der Waals surface area contributed by atoms with Gasteiger partial charge in [-0.15, -0.1) is 0 Å². The second kappa shape index (κ2) is 5.23. The van der Waals surface area contributed by atoms with Crippen molar-refractivity contribution < 1.29 is 4.39 Å². The summed E-state index contributed by atoms with van der Waals surface area (Å²) in [6.07, 6.45) is 0. The minimum Gasteiger partial charge on any atom is -0.396 e. The Morgan fingerprint density at radius 1 is 1.33 bits per heavy atom. The number of nitrogen functional groups attached to an aromatic ring is 1. The molecule has 18 heavy (non-hydrogen) atoms. The molecule has 3 nitrogen and oxygen atoms in total. The summed E-state index contributed by atoms with van der Waals surface area (Å²) < 4.78 is 13.3. The fraction of sp³-hybridized carbons (Fsp3) is 0.154. The lowest BCUT2D eigenvalue weighted by molar-refractivity contribution is 0.627. The number of halogens is 2. The van der Waals surface area contributed by atoms with Crippen LogP contribution in [0.4, 0.5) is 21.6 Å². The van der Waals surface area contributed by atoms with Gasteiger partial charge in [-0.3, -0.25) is 0 Å². The SMILES string of the molecule is CCN(c1cccc(F)c1)c1nc(Cl)ccc1N. The van der Waals surface area contributed by atoms with Crippen molar-refractivity contribution in [1.82, 2.24) is 4.98 Å². The van der Waals surface area contributed by atoms with Crippen LogP contribution in [0, 0.1) is 5.82 Å². The Kier molecular flexibility index (Phi) is 3.67. The molecule has 0 radical (unpaired) electrons. The van der Waals surface area contributed by atoms with E-state index in [1.165, 1.54) is 12.1 Å². The average molecular weight is 266 g/mol. The lowest BCUT2D eigenvalue weighted by Gasteiger charge is -2.23. The fourth-order valence-electron chi connectivity index (χ4n) is 1.75. The van der Waals surface area contributed by atoms with Gasteiger partial charge in [0.1, 0.15) is 11.0 Å². The highest BCUT2D eigenvalue weighted by Gasteiger charge is 2.13. The van der Waals surface area contributed by atoms with Gasteiger partial charge in [-0.25, -0.2) is 9.37 Å². The molecule has 0 aliphatic heterocycles. The van der Waals surface area contributed by atoms with E-state index >= 15 is 0 Å². The van der Waals surface area contributed by atoms with Gasteiger partial charge in [0.25, 0.3) is 0 Å². The monoisotopic (exact) mass is 265 g/mol. The predicted octanol–water partition coefficient (Wildman–Crippen LogP) is 3.61. The van der Waals surface area contributed by atoms with Gasteiger partial charge < -0.3 is 10.6 Å². The van der Waals surface area contributed by atoms with Crippen LogP contribution in [0.25, 0.3) is 0 Å². The maximum atomic E-state index is 13.3. The van der Waals surface area contributed by atoms with Crippen LogP contribution in [0.3, 0.4) is 0 Å². The van der Waals surface area contributed by atoms with Crippen LogP contribution in [-0.4, -0.2) is 11.5 Å². The number of aromatic nitrogens is 1. The number of hydrogen-bond donors (Lipinski definition) is 1. The van der Waals surface area contributed by atoms with Crippen molar-refractivity contribution in [3.05, 3.63) is 47.4 Å². The lowest BCUT2D eigenvalue weighted by atomic mass is 10.2. The molecule has 0 atom stereocenters. The maximum absolute atomic E-state index is 13.3. The molecule has 1 heterocycles. The van der Waals surface area contributed by atoms with Gasteiger partial charge in [0.05, 0.1) is 5.69 Å². The van der Waals surface area contributed by atoms with Crippen molar-refractivity contribution in [3.63, 3.8) is 0 Å². The largest absolute Gasteiger partial charge is 0.396 e. The first kappa shape index (κ1) is 12.6. The van der Waals surface area contributed by atoms with Gasteiger partial charge >= 0.3 is 0 Å². The summed E-state index contributed by atoms with van der Waals surface area (Å²) in [5.74, 6) is 0.238. The van der Waals surface area contributed by atoms with E-state index in [1.54, 1.807) is 24.3 Å². The molecule has 5 heteroatoms. The van der Waals surface area contributed by atoms with Crippen LogP contribution >= 0.6 is 11.6 Å². The van der Waals surface area contributed by atoms with Crippen LogP contribution in [-0.2, 0) is 0 Å². The molecule has 2 aromatic rings. The Labute approximate surface area is 110 Å².